The van der Waals surface area contributed by atoms with Crippen LogP contribution in [-0.4, -0.2) is 24.8 Å². The van der Waals surface area contributed by atoms with Gasteiger partial charge in [0.05, 0.1) is 0 Å². The minimum absolute atomic E-state index is 0.0533. The summed E-state index contributed by atoms with van der Waals surface area (Å²) in [6.07, 6.45) is 2.18. The van der Waals surface area contributed by atoms with E-state index in [9.17, 15) is 4.79 Å². The molecule has 24 heavy (non-hydrogen) atoms. The Labute approximate surface area is 142 Å². The first-order valence-corrected chi connectivity index (χ1v) is 8.50. The number of rotatable bonds is 2. The largest absolute Gasteiger partial charge is 0.336 e. The van der Waals surface area contributed by atoms with Crippen molar-refractivity contribution < 1.29 is 4.79 Å². The van der Waals surface area contributed by atoms with E-state index in [0.717, 1.165) is 48.6 Å². The highest BCUT2D eigenvalue weighted by atomic mass is 16.1. The first-order chi connectivity index (χ1) is 11.7. The molecule has 1 N–H and O–H groups in total. The second-order valence-electron chi connectivity index (χ2n) is 6.38. The number of para-hydroxylation sites is 1. The van der Waals surface area contributed by atoms with E-state index < -0.39 is 5.54 Å². The summed E-state index contributed by atoms with van der Waals surface area (Å²) in [6, 6.07) is 18.5. The van der Waals surface area contributed by atoms with Crippen molar-refractivity contribution in [3.63, 3.8) is 0 Å². The van der Waals surface area contributed by atoms with Crippen LogP contribution in [0.3, 0.4) is 0 Å². The zero-order chi connectivity index (χ0) is 16.6. The fourth-order valence-corrected chi connectivity index (χ4v) is 3.89. The van der Waals surface area contributed by atoms with Crippen molar-refractivity contribution in [1.29, 1.82) is 0 Å². The standard InChI is InChI=1S/C20H21N3O/c1-15(24)22-20(16-9-3-2-4-10-16)17-11-5-6-12-18(17)23-14-8-7-13-21-19(20)23/h2-6,9-12H,7-8,13-14H2,1H3,(H,22,24). The van der Waals surface area contributed by atoms with Gasteiger partial charge in [-0.25, -0.2) is 0 Å². The number of anilines is 1. The number of aliphatic imine (C=N–C) groups is 1. The third kappa shape index (κ3) is 2.13. The quantitative estimate of drug-likeness (QED) is 0.924. The summed E-state index contributed by atoms with van der Waals surface area (Å²) in [5.74, 6) is 0.894. The average molecular weight is 319 g/mol. The molecule has 0 aromatic heterocycles. The van der Waals surface area contributed by atoms with Crippen LogP contribution < -0.4 is 10.2 Å². The van der Waals surface area contributed by atoms with Crippen LogP contribution in [0.2, 0.25) is 0 Å². The summed E-state index contributed by atoms with van der Waals surface area (Å²) in [5.41, 5.74) is 2.60. The highest BCUT2D eigenvalue weighted by molar-refractivity contribution is 6.14. The lowest BCUT2D eigenvalue weighted by atomic mass is 9.83. The predicted octanol–water partition coefficient (Wildman–Crippen LogP) is 3.08. The number of hydrogen-bond acceptors (Lipinski definition) is 3. The Hall–Kier alpha value is -2.62. The van der Waals surface area contributed by atoms with Crippen molar-refractivity contribution in [3.05, 3.63) is 65.7 Å². The van der Waals surface area contributed by atoms with Gasteiger partial charge < -0.3 is 10.2 Å². The molecule has 1 amide bonds. The summed E-state index contributed by atoms with van der Waals surface area (Å²) in [7, 11) is 0. The maximum Gasteiger partial charge on any atom is 0.218 e. The summed E-state index contributed by atoms with van der Waals surface area (Å²) in [6.45, 7) is 3.31. The molecule has 2 aromatic rings. The van der Waals surface area contributed by atoms with Gasteiger partial charge >= 0.3 is 0 Å². The SMILES string of the molecule is CC(=O)NC1(c2ccccc2)C2=NCCCCN2c2ccccc21. The van der Waals surface area contributed by atoms with Crippen LogP contribution in [0, 0.1) is 0 Å². The Kier molecular flexibility index (Phi) is 3.60. The first-order valence-electron chi connectivity index (χ1n) is 8.50. The van der Waals surface area contributed by atoms with Gasteiger partial charge in [-0.1, -0.05) is 48.5 Å². The van der Waals surface area contributed by atoms with Crippen LogP contribution in [0.4, 0.5) is 5.69 Å². The molecule has 0 saturated carbocycles. The van der Waals surface area contributed by atoms with E-state index in [0.29, 0.717) is 0 Å². The summed E-state index contributed by atoms with van der Waals surface area (Å²) < 4.78 is 0. The van der Waals surface area contributed by atoms with Crippen molar-refractivity contribution in [2.24, 2.45) is 4.99 Å². The number of fused-ring (bicyclic) bond motifs is 3. The highest BCUT2D eigenvalue weighted by Gasteiger charge is 2.50. The fourth-order valence-electron chi connectivity index (χ4n) is 3.89. The summed E-state index contributed by atoms with van der Waals surface area (Å²) in [5, 5.41) is 3.24. The molecular formula is C20H21N3O. The Morgan fingerprint density at radius 1 is 1.08 bits per heavy atom. The normalized spacial score (nSPS) is 22.2. The zero-order valence-corrected chi connectivity index (χ0v) is 13.8. The summed E-state index contributed by atoms with van der Waals surface area (Å²) >= 11 is 0. The van der Waals surface area contributed by atoms with Crippen LogP contribution in [0.5, 0.6) is 0 Å². The smallest absolute Gasteiger partial charge is 0.218 e. The number of nitrogens with one attached hydrogen (secondary N) is 1. The minimum atomic E-state index is -0.700. The third-order valence-electron chi connectivity index (χ3n) is 4.81. The molecule has 4 rings (SSSR count). The lowest BCUT2D eigenvalue weighted by molar-refractivity contribution is -0.119. The number of carbonyl (C=O) groups is 1. The van der Waals surface area contributed by atoms with Gasteiger partial charge in [-0.3, -0.25) is 9.79 Å². The maximum atomic E-state index is 12.2. The molecule has 0 radical (unpaired) electrons. The monoisotopic (exact) mass is 319 g/mol. The molecule has 1 unspecified atom stereocenters. The average Bonchev–Trinajstić information content (AvgIpc) is 2.76. The van der Waals surface area contributed by atoms with Crippen molar-refractivity contribution in [2.75, 3.05) is 18.0 Å². The topological polar surface area (TPSA) is 44.7 Å². The van der Waals surface area contributed by atoms with Gasteiger partial charge in [0.1, 0.15) is 5.84 Å². The van der Waals surface area contributed by atoms with Gasteiger partial charge in [0.15, 0.2) is 5.54 Å². The van der Waals surface area contributed by atoms with E-state index in [1.165, 1.54) is 0 Å². The van der Waals surface area contributed by atoms with Gasteiger partial charge in [-0.15, -0.1) is 0 Å². The second-order valence-corrected chi connectivity index (χ2v) is 6.38. The van der Waals surface area contributed by atoms with Gasteiger partial charge in [-0.05, 0) is 24.5 Å². The Bertz CT molecular complexity index is 800. The number of carbonyl (C=O) groups excluding carboxylic acids is 1. The van der Waals surface area contributed by atoms with E-state index in [1.807, 2.05) is 24.3 Å². The predicted molar refractivity (Wildman–Crippen MR) is 96.4 cm³/mol. The van der Waals surface area contributed by atoms with Crippen LogP contribution in [0.1, 0.15) is 30.9 Å². The second kappa shape index (κ2) is 5.78. The van der Waals surface area contributed by atoms with E-state index in [4.69, 9.17) is 4.99 Å². The molecule has 1 atom stereocenters. The number of benzene rings is 2. The van der Waals surface area contributed by atoms with Gasteiger partial charge in [0.2, 0.25) is 5.91 Å². The minimum Gasteiger partial charge on any atom is -0.336 e. The lowest BCUT2D eigenvalue weighted by Gasteiger charge is -2.33. The van der Waals surface area contributed by atoms with Gasteiger partial charge in [0, 0.05) is 31.3 Å². The van der Waals surface area contributed by atoms with E-state index in [2.05, 4.69) is 40.5 Å². The molecule has 0 spiro atoms. The van der Waals surface area contributed by atoms with Gasteiger partial charge in [0.25, 0.3) is 0 Å². The molecule has 2 aromatic carbocycles. The maximum absolute atomic E-state index is 12.2. The molecule has 4 heteroatoms. The molecule has 122 valence electrons. The van der Waals surface area contributed by atoms with Crippen molar-refractivity contribution in [1.82, 2.24) is 5.32 Å². The van der Waals surface area contributed by atoms with Crippen LogP contribution in [-0.2, 0) is 10.3 Å². The van der Waals surface area contributed by atoms with Gasteiger partial charge in [-0.2, -0.15) is 0 Å². The number of hydrogen-bond donors (Lipinski definition) is 1. The zero-order valence-electron chi connectivity index (χ0n) is 13.8. The van der Waals surface area contributed by atoms with Crippen molar-refractivity contribution in [3.8, 4) is 0 Å². The first kappa shape index (κ1) is 14.9. The van der Waals surface area contributed by atoms with Crippen molar-refractivity contribution >= 4 is 17.4 Å². The van der Waals surface area contributed by atoms with E-state index in [1.54, 1.807) is 6.92 Å². The molecular weight excluding hydrogens is 298 g/mol. The van der Waals surface area contributed by atoms with Crippen molar-refractivity contribution in [2.45, 2.75) is 25.3 Å². The molecule has 2 heterocycles. The molecule has 0 fully saturated rings. The Morgan fingerprint density at radius 3 is 2.62 bits per heavy atom. The van der Waals surface area contributed by atoms with E-state index in [-0.39, 0.29) is 5.91 Å². The fraction of sp³-hybridized carbons (Fsp3) is 0.300. The molecule has 0 saturated heterocycles. The Balaban J connectivity index is 2.03. The highest BCUT2D eigenvalue weighted by Crippen LogP contribution is 2.45. The lowest BCUT2D eigenvalue weighted by Crippen LogP contribution is -2.53. The molecule has 2 aliphatic heterocycles. The number of amides is 1. The van der Waals surface area contributed by atoms with Crippen LogP contribution in [0.25, 0.3) is 0 Å². The van der Waals surface area contributed by atoms with E-state index >= 15 is 0 Å². The van der Waals surface area contributed by atoms with Crippen LogP contribution in [0.15, 0.2) is 59.6 Å². The molecule has 4 nitrogen and oxygen atoms in total. The number of nitrogens with zero attached hydrogens (tertiary/aromatic N) is 2. The number of amidine groups is 1. The third-order valence-corrected chi connectivity index (χ3v) is 4.81. The summed E-state index contributed by atoms with van der Waals surface area (Å²) in [4.78, 5) is 19.4. The molecule has 0 aliphatic carbocycles. The Morgan fingerprint density at radius 2 is 1.83 bits per heavy atom. The molecule has 0 bridgehead atoms. The molecule has 2 aliphatic rings. The van der Waals surface area contributed by atoms with Crippen LogP contribution >= 0.6 is 0 Å².